The van der Waals surface area contributed by atoms with E-state index in [0.29, 0.717) is 24.2 Å². The molecule has 0 radical (unpaired) electrons. The highest BCUT2D eigenvalue weighted by Crippen LogP contribution is 2.34. The van der Waals surface area contributed by atoms with Gasteiger partial charge in [0.1, 0.15) is 0 Å². The molecule has 0 atom stereocenters. The Balaban J connectivity index is 1.92. The number of fused-ring (bicyclic) bond motifs is 1. The maximum atomic E-state index is 12.9. The fourth-order valence-electron chi connectivity index (χ4n) is 3.40. The Bertz CT molecular complexity index is 825. The van der Waals surface area contributed by atoms with E-state index < -0.39 is 5.91 Å². The Morgan fingerprint density at radius 1 is 1.08 bits per heavy atom. The predicted octanol–water partition coefficient (Wildman–Crippen LogP) is 3.05. The van der Waals surface area contributed by atoms with Crippen LogP contribution in [0.25, 0.3) is 0 Å². The van der Waals surface area contributed by atoms with E-state index in [1.807, 2.05) is 42.2 Å². The molecule has 2 N–H and O–H groups in total. The van der Waals surface area contributed by atoms with Crippen molar-refractivity contribution in [1.29, 1.82) is 0 Å². The molecule has 0 aromatic heterocycles. The molecular weight excluding hydrogens is 316 g/mol. The Kier molecular flexibility index (Phi) is 4.35. The molecule has 0 unspecified atom stereocenters. The van der Waals surface area contributed by atoms with Gasteiger partial charge in [0.2, 0.25) is 0 Å². The summed E-state index contributed by atoms with van der Waals surface area (Å²) in [7, 11) is 0. The van der Waals surface area contributed by atoms with Crippen molar-refractivity contribution in [2.75, 3.05) is 6.54 Å². The predicted molar refractivity (Wildman–Crippen MR) is 94.6 cm³/mol. The first-order valence-corrected chi connectivity index (χ1v) is 8.25. The fourth-order valence-corrected chi connectivity index (χ4v) is 3.40. The van der Waals surface area contributed by atoms with E-state index in [1.165, 1.54) is 0 Å². The van der Waals surface area contributed by atoms with Gasteiger partial charge in [0, 0.05) is 29.6 Å². The maximum Gasteiger partial charge on any atom is 0.274 e. The molecule has 2 aromatic carbocycles. The average Bonchev–Trinajstić information content (AvgIpc) is 2.60. The quantitative estimate of drug-likeness (QED) is 0.653. The first kappa shape index (κ1) is 17.2. The lowest BCUT2D eigenvalue weighted by Gasteiger charge is -2.40. The van der Waals surface area contributed by atoms with Gasteiger partial charge in [0.05, 0.1) is 0 Å². The number of carbonyl (C=O) groups is 2. The Morgan fingerprint density at radius 2 is 1.72 bits per heavy atom. The molecule has 2 aromatic rings. The number of carbonyl (C=O) groups excluding carboxylic acids is 2. The van der Waals surface area contributed by atoms with E-state index in [9.17, 15) is 9.59 Å². The van der Waals surface area contributed by atoms with Crippen molar-refractivity contribution in [3.63, 3.8) is 0 Å². The Labute approximate surface area is 147 Å². The van der Waals surface area contributed by atoms with Gasteiger partial charge in [-0.1, -0.05) is 37.6 Å². The van der Waals surface area contributed by atoms with Gasteiger partial charge in [-0.3, -0.25) is 14.8 Å². The molecule has 0 aliphatic carbocycles. The topological polar surface area (TPSA) is 69.6 Å². The van der Waals surface area contributed by atoms with Crippen LogP contribution in [-0.2, 0) is 12.0 Å². The van der Waals surface area contributed by atoms with Crippen LogP contribution >= 0.6 is 0 Å². The number of benzene rings is 2. The van der Waals surface area contributed by atoms with Gasteiger partial charge in [-0.15, -0.1) is 0 Å². The summed E-state index contributed by atoms with van der Waals surface area (Å²) in [5.74, 6) is -0.521. The zero-order chi connectivity index (χ0) is 18.2. The number of aryl methyl sites for hydroxylation is 1. The Morgan fingerprint density at radius 3 is 2.36 bits per heavy atom. The summed E-state index contributed by atoms with van der Waals surface area (Å²) in [5, 5.41) is 8.83. The molecule has 1 aliphatic rings. The van der Waals surface area contributed by atoms with Gasteiger partial charge in [0.15, 0.2) is 0 Å². The number of hydrogen-bond donors (Lipinski definition) is 2. The lowest BCUT2D eigenvalue weighted by atomic mass is 9.77. The smallest absolute Gasteiger partial charge is 0.274 e. The summed E-state index contributed by atoms with van der Waals surface area (Å²) >= 11 is 0. The molecule has 0 saturated heterocycles. The van der Waals surface area contributed by atoms with Crippen LogP contribution in [0.2, 0.25) is 0 Å². The summed E-state index contributed by atoms with van der Waals surface area (Å²) < 4.78 is 0. The number of amides is 2. The van der Waals surface area contributed by atoms with Crippen LogP contribution in [0.15, 0.2) is 42.5 Å². The van der Waals surface area contributed by atoms with Gasteiger partial charge >= 0.3 is 0 Å². The van der Waals surface area contributed by atoms with E-state index in [2.05, 4.69) is 13.8 Å². The van der Waals surface area contributed by atoms with Crippen molar-refractivity contribution in [3.05, 3.63) is 70.3 Å². The van der Waals surface area contributed by atoms with Crippen LogP contribution in [0.4, 0.5) is 0 Å². The second-order valence-corrected chi connectivity index (χ2v) is 7.22. The number of nitrogens with one attached hydrogen (secondary N) is 1. The van der Waals surface area contributed by atoms with E-state index in [0.717, 1.165) is 16.7 Å². The van der Waals surface area contributed by atoms with E-state index in [4.69, 9.17) is 5.21 Å². The molecule has 3 rings (SSSR count). The van der Waals surface area contributed by atoms with Gasteiger partial charge in [-0.05, 0) is 42.3 Å². The first-order chi connectivity index (χ1) is 11.8. The maximum absolute atomic E-state index is 12.9. The SMILES string of the molecule is Cc1ccc(C(=O)N2Cc3ccc(C(=O)NO)cc3C(C)(C)C2)cc1. The molecule has 0 saturated carbocycles. The minimum atomic E-state index is -0.531. The molecule has 1 heterocycles. The van der Waals surface area contributed by atoms with E-state index in [-0.39, 0.29) is 11.3 Å². The highest BCUT2D eigenvalue weighted by Gasteiger charge is 2.34. The van der Waals surface area contributed by atoms with Gasteiger partial charge < -0.3 is 4.90 Å². The van der Waals surface area contributed by atoms with Gasteiger partial charge in [0.25, 0.3) is 11.8 Å². The second-order valence-electron chi connectivity index (χ2n) is 7.22. The summed E-state index contributed by atoms with van der Waals surface area (Å²) in [4.78, 5) is 26.4. The molecule has 2 amide bonds. The van der Waals surface area contributed by atoms with Crippen LogP contribution in [0.5, 0.6) is 0 Å². The second kappa shape index (κ2) is 6.33. The largest absolute Gasteiger partial charge is 0.333 e. The monoisotopic (exact) mass is 338 g/mol. The molecule has 1 aliphatic heterocycles. The summed E-state index contributed by atoms with van der Waals surface area (Å²) in [6.07, 6.45) is 0. The van der Waals surface area contributed by atoms with Gasteiger partial charge in [-0.25, -0.2) is 5.48 Å². The molecule has 5 nitrogen and oxygen atoms in total. The summed E-state index contributed by atoms with van der Waals surface area (Å²) in [6.45, 7) is 7.18. The number of nitrogens with zero attached hydrogens (tertiary/aromatic N) is 1. The third-order valence-corrected chi connectivity index (χ3v) is 4.74. The fraction of sp³-hybridized carbons (Fsp3) is 0.300. The number of hydroxylamine groups is 1. The highest BCUT2D eigenvalue weighted by molar-refractivity contribution is 5.95. The minimum absolute atomic E-state index is 0.0101. The van der Waals surface area contributed by atoms with Crippen molar-refractivity contribution in [3.8, 4) is 0 Å². The molecular formula is C20H22N2O3. The molecule has 130 valence electrons. The normalized spacial score (nSPS) is 15.4. The van der Waals surface area contributed by atoms with Crippen molar-refractivity contribution < 1.29 is 14.8 Å². The average molecular weight is 338 g/mol. The zero-order valence-electron chi connectivity index (χ0n) is 14.7. The highest BCUT2D eigenvalue weighted by atomic mass is 16.5. The summed E-state index contributed by atoms with van der Waals surface area (Å²) in [6, 6.07) is 12.9. The molecule has 25 heavy (non-hydrogen) atoms. The standard InChI is InChI=1S/C20H22N2O3/c1-13-4-6-14(7-5-13)19(24)22-11-16-9-8-15(18(23)21-25)10-17(16)20(2,3)12-22/h4-10,25H,11-12H2,1-3H3,(H,21,23). The van der Waals surface area contributed by atoms with Crippen LogP contribution in [-0.4, -0.2) is 28.5 Å². The van der Waals surface area contributed by atoms with Crippen LogP contribution in [0, 0.1) is 6.92 Å². The third kappa shape index (κ3) is 3.28. The summed E-state index contributed by atoms with van der Waals surface area (Å²) in [5.41, 5.74) is 5.63. The van der Waals surface area contributed by atoms with Gasteiger partial charge in [-0.2, -0.15) is 0 Å². The van der Waals surface area contributed by atoms with Crippen molar-refractivity contribution in [2.24, 2.45) is 0 Å². The van der Waals surface area contributed by atoms with E-state index >= 15 is 0 Å². The lowest BCUT2D eigenvalue weighted by Crippen LogP contribution is -2.45. The van der Waals surface area contributed by atoms with E-state index in [1.54, 1.807) is 17.6 Å². The Hall–Kier alpha value is -2.66. The van der Waals surface area contributed by atoms with Crippen molar-refractivity contribution in [2.45, 2.75) is 32.7 Å². The molecule has 0 spiro atoms. The van der Waals surface area contributed by atoms with Crippen LogP contribution < -0.4 is 5.48 Å². The molecule has 5 heteroatoms. The first-order valence-electron chi connectivity index (χ1n) is 8.25. The van der Waals surface area contributed by atoms with Crippen molar-refractivity contribution >= 4 is 11.8 Å². The van der Waals surface area contributed by atoms with Crippen LogP contribution in [0.1, 0.15) is 51.3 Å². The van der Waals surface area contributed by atoms with Crippen molar-refractivity contribution in [1.82, 2.24) is 10.4 Å². The third-order valence-electron chi connectivity index (χ3n) is 4.74. The zero-order valence-corrected chi connectivity index (χ0v) is 14.7. The molecule has 0 bridgehead atoms. The van der Waals surface area contributed by atoms with Crippen LogP contribution in [0.3, 0.4) is 0 Å². The minimum Gasteiger partial charge on any atom is -0.333 e. The lowest BCUT2D eigenvalue weighted by molar-refractivity contribution is 0.0680. The molecule has 0 fully saturated rings. The number of rotatable bonds is 2. The number of hydrogen-bond acceptors (Lipinski definition) is 3.